The minimum Gasteiger partial charge on any atom is -0.379 e. The van der Waals surface area contributed by atoms with Crippen LogP contribution in [0.15, 0.2) is 29.2 Å². The van der Waals surface area contributed by atoms with E-state index in [1.807, 2.05) is 24.3 Å². The fourth-order valence-electron chi connectivity index (χ4n) is 3.73. The van der Waals surface area contributed by atoms with Gasteiger partial charge in [0.15, 0.2) is 0 Å². The van der Waals surface area contributed by atoms with Gasteiger partial charge < -0.3 is 14.8 Å². The van der Waals surface area contributed by atoms with Crippen LogP contribution in [0, 0.1) is 5.92 Å². The van der Waals surface area contributed by atoms with Crippen molar-refractivity contribution in [3.63, 3.8) is 0 Å². The van der Waals surface area contributed by atoms with Gasteiger partial charge in [-0.05, 0) is 30.9 Å². The second-order valence-corrected chi connectivity index (χ2v) is 8.67. The van der Waals surface area contributed by atoms with Gasteiger partial charge in [0.1, 0.15) is 0 Å². The third-order valence-electron chi connectivity index (χ3n) is 5.34. The zero-order valence-electron chi connectivity index (χ0n) is 16.5. The standard InChI is InChI=1S/C21H32N2O3S/c1-16(2)19(23-9-12-25-13-10-23)14-22-21(24)18-7-3-4-8-20(18)27-15-17-6-5-11-26-17/h3-4,7-8,16-17,19H,5-6,9-15H2,1-2H3,(H,22,24). The molecule has 2 aliphatic heterocycles. The van der Waals surface area contributed by atoms with Crippen LogP contribution in [0.1, 0.15) is 37.0 Å². The number of benzene rings is 1. The van der Waals surface area contributed by atoms with Crippen LogP contribution in [0.25, 0.3) is 0 Å². The molecular weight excluding hydrogens is 360 g/mol. The van der Waals surface area contributed by atoms with Crippen LogP contribution in [-0.2, 0) is 9.47 Å². The second-order valence-electron chi connectivity index (χ2n) is 7.61. The summed E-state index contributed by atoms with van der Waals surface area (Å²) in [6, 6.07) is 8.24. The molecule has 27 heavy (non-hydrogen) atoms. The summed E-state index contributed by atoms with van der Waals surface area (Å²) in [6.45, 7) is 9.40. The normalized spacial score (nSPS) is 22.1. The van der Waals surface area contributed by atoms with Gasteiger partial charge in [0.25, 0.3) is 5.91 Å². The summed E-state index contributed by atoms with van der Waals surface area (Å²) in [5.41, 5.74) is 0.769. The molecule has 0 aromatic heterocycles. The highest BCUT2D eigenvalue weighted by Crippen LogP contribution is 2.26. The van der Waals surface area contributed by atoms with Crippen LogP contribution in [0.3, 0.4) is 0 Å². The summed E-state index contributed by atoms with van der Waals surface area (Å²) in [5.74, 6) is 1.41. The Bertz CT molecular complexity index is 599. The van der Waals surface area contributed by atoms with E-state index in [1.54, 1.807) is 11.8 Å². The summed E-state index contributed by atoms with van der Waals surface area (Å²) in [4.78, 5) is 16.3. The number of thioether (sulfide) groups is 1. The van der Waals surface area contributed by atoms with Gasteiger partial charge in [-0.25, -0.2) is 0 Å². The fourth-order valence-corrected chi connectivity index (χ4v) is 4.85. The number of hydrogen-bond acceptors (Lipinski definition) is 5. The highest BCUT2D eigenvalue weighted by atomic mass is 32.2. The Hall–Kier alpha value is -1.08. The van der Waals surface area contributed by atoms with E-state index in [4.69, 9.17) is 9.47 Å². The largest absolute Gasteiger partial charge is 0.379 e. The van der Waals surface area contributed by atoms with Gasteiger partial charge in [0.2, 0.25) is 0 Å². The van der Waals surface area contributed by atoms with Crippen molar-refractivity contribution in [2.45, 2.75) is 43.7 Å². The molecule has 0 saturated carbocycles. The van der Waals surface area contributed by atoms with Crippen LogP contribution in [-0.4, -0.2) is 68.2 Å². The van der Waals surface area contributed by atoms with E-state index in [0.29, 0.717) is 24.6 Å². The van der Waals surface area contributed by atoms with Crippen molar-refractivity contribution in [3.8, 4) is 0 Å². The summed E-state index contributed by atoms with van der Waals surface area (Å²) in [6.07, 6.45) is 2.58. The minimum absolute atomic E-state index is 0.0179. The molecule has 1 N–H and O–H groups in total. The molecule has 0 bridgehead atoms. The molecule has 3 rings (SSSR count). The Morgan fingerprint density at radius 3 is 2.74 bits per heavy atom. The van der Waals surface area contributed by atoms with Crippen molar-refractivity contribution in [2.24, 2.45) is 5.92 Å². The summed E-state index contributed by atoms with van der Waals surface area (Å²) < 4.78 is 11.2. The molecule has 1 aromatic carbocycles. The quantitative estimate of drug-likeness (QED) is 0.689. The monoisotopic (exact) mass is 392 g/mol. The first kappa shape index (κ1) is 20.6. The molecule has 2 unspecified atom stereocenters. The van der Waals surface area contributed by atoms with Crippen LogP contribution in [0.5, 0.6) is 0 Å². The first-order valence-corrected chi connectivity index (χ1v) is 11.1. The van der Waals surface area contributed by atoms with Gasteiger partial charge in [0, 0.05) is 42.9 Å². The van der Waals surface area contributed by atoms with E-state index in [0.717, 1.165) is 62.0 Å². The molecule has 5 nitrogen and oxygen atoms in total. The van der Waals surface area contributed by atoms with Crippen molar-refractivity contribution in [3.05, 3.63) is 29.8 Å². The van der Waals surface area contributed by atoms with E-state index in [9.17, 15) is 4.79 Å². The molecular formula is C21H32N2O3S. The maximum absolute atomic E-state index is 12.9. The van der Waals surface area contributed by atoms with Crippen molar-refractivity contribution < 1.29 is 14.3 Å². The Balaban J connectivity index is 1.57. The Morgan fingerprint density at radius 1 is 1.26 bits per heavy atom. The number of morpholine rings is 1. The fraction of sp³-hybridized carbons (Fsp3) is 0.667. The zero-order valence-corrected chi connectivity index (χ0v) is 17.3. The number of ether oxygens (including phenoxy) is 2. The average Bonchev–Trinajstić information content (AvgIpc) is 3.21. The Morgan fingerprint density at radius 2 is 2.04 bits per heavy atom. The molecule has 0 radical (unpaired) electrons. The predicted molar refractivity (Wildman–Crippen MR) is 109 cm³/mol. The van der Waals surface area contributed by atoms with Gasteiger partial charge in [0.05, 0.1) is 24.9 Å². The smallest absolute Gasteiger partial charge is 0.252 e. The SMILES string of the molecule is CC(C)C(CNC(=O)c1ccccc1SCC1CCCO1)N1CCOCC1. The first-order valence-electron chi connectivity index (χ1n) is 10.1. The van der Waals surface area contributed by atoms with E-state index in [1.165, 1.54) is 0 Å². The highest BCUT2D eigenvalue weighted by molar-refractivity contribution is 7.99. The van der Waals surface area contributed by atoms with E-state index in [2.05, 4.69) is 24.1 Å². The summed E-state index contributed by atoms with van der Waals surface area (Å²) in [5, 5.41) is 3.18. The number of nitrogens with zero attached hydrogens (tertiary/aromatic N) is 1. The molecule has 2 heterocycles. The lowest BCUT2D eigenvalue weighted by molar-refractivity contribution is 0.00672. The maximum Gasteiger partial charge on any atom is 0.252 e. The molecule has 0 aliphatic carbocycles. The topological polar surface area (TPSA) is 50.8 Å². The van der Waals surface area contributed by atoms with Crippen molar-refractivity contribution in [2.75, 3.05) is 45.2 Å². The van der Waals surface area contributed by atoms with Gasteiger partial charge >= 0.3 is 0 Å². The van der Waals surface area contributed by atoms with E-state index >= 15 is 0 Å². The Kier molecular flexibility index (Phi) is 8.00. The molecule has 1 amide bonds. The van der Waals surface area contributed by atoms with Crippen molar-refractivity contribution in [1.29, 1.82) is 0 Å². The lowest BCUT2D eigenvalue weighted by Crippen LogP contribution is -2.51. The van der Waals surface area contributed by atoms with Gasteiger partial charge in [-0.1, -0.05) is 26.0 Å². The van der Waals surface area contributed by atoms with Gasteiger partial charge in [-0.3, -0.25) is 9.69 Å². The first-order chi connectivity index (χ1) is 13.1. The maximum atomic E-state index is 12.9. The molecule has 2 saturated heterocycles. The number of hydrogen-bond donors (Lipinski definition) is 1. The third kappa shape index (κ3) is 5.95. The lowest BCUT2D eigenvalue weighted by Gasteiger charge is -2.37. The Labute approximate surface area is 167 Å². The number of rotatable bonds is 8. The van der Waals surface area contributed by atoms with Gasteiger partial charge in [-0.2, -0.15) is 0 Å². The molecule has 2 atom stereocenters. The summed E-state index contributed by atoms with van der Waals surface area (Å²) in [7, 11) is 0. The van der Waals surface area contributed by atoms with Crippen LogP contribution in [0.2, 0.25) is 0 Å². The molecule has 2 fully saturated rings. The van der Waals surface area contributed by atoms with Crippen LogP contribution in [0.4, 0.5) is 0 Å². The third-order valence-corrected chi connectivity index (χ3v) is 6.54. The minimum atomic E-state index is 0.0179. The molecule has 2 aliphatic rings. The zero-order chi connectivity index (χ0) is 19.1. The van der Waals surface area contributed by atoms with Crippen molar-refractivity contribution >= 4 is 17.7 Å². The van der Waals surface area contributed by atoms with E-state index < -0.39 is 0 Å². The van der Waals surface area contributed by atoms with Gasteiger partial charge in [-0.15, -0.1) is 11.8 Å². The number of amides is 1. The van der Waals surface area contributed by atoms with Crippen LogP contribution >= 0.6 is 11.8 Å². The van der Waals surface area contributed by atoms with Crippen LogP contribution < -0.4 is 5.32 Å². The highest BCUT2D eigenvalue weighted by Gasteiger charge is 2.25. The predicted octanol–water partition coefficient (Wildman–Crippen LogP) is 3.04. The number of carbonyl (C=O) groups excluding carboxylic acids is 1. The van der Waals surface area contributed by atoms with E-state index in [-0.39, 0.29) is 5.91 Å². The lowest BCUT2D eigenvalue weighted by atomic mass is 10.0. The summed E-state index contributed by atoms with van der Waals surface area (Å²) >= 11 is 1.73. The molecule has 1 aromatic rings. The molecule has 6 heteroatoms. The second kappa shape index (κ2) is 10.5. The number of carbonyl (C=O) groups is 1. The molecule has 150 valence electrons. The number of nitrogens with one attached hydrogen (secondary N) is 1. The molecule has 0 spiro atoms. The average molecular weight is 393 g/mol. The van der Waals surface area contributed by atoms with Crippen molar-refractivity contribution in [1.82, 2.24) is 10.2 Å².